The molecule has 2 aromatic carbocycles. The van der Waals surface area contributed by atoms with Gasteiger partial charge < -0.3 is 10.2 Å². The molecule has 0 bridgehead atoms. The van der Waals surface area contributed by atoms with Gasteiger partial charge in [-0.25, -0.2) is 0 Å². The Hall–Kier alpha value is -2.66. The van der Waals surface area contributed by atoms with Gasteiger partial charge in [-0.3, -0.25) is 9.59 Å². The predicted molar refractivity (Wildman–Crippen MR) is 96.6 cm³/mol. The molecular weight excluding hydrogens is 372 g/mol. The molecule has 0 heterocycles. The molecule has 5 heteroatoms. The minimum absolute atomic E-state index is 0.125. The highest BCUT2D eigenvalue weighted by Gasteiger charge is 2.04. The minimum Gasteiger partial charge on any atom is -0.508 e. The Morgan fingerprint density at radius 2 is 1.46 bits per heavy atom. The van der Waals surface area contributed by atoms with E-state index in [2.05, 4.69) is 15.9 Å². The molecule has 0 saturated heterocycles. The van der Waals surface area contributed by atoms with Gasteiger partial charge in [-0.05, 0) is 47.5 Å². The Kier molecular flexibility index (Phi) is 6.09. The summed E-state index contributed by atoms with van der Waals surface area (Å²) in [6.07, 6.45) is 5.64. The van der Waals surface area contributed by atoms with Gasteiger partial charge in [0.1, 0.15) is 11.5 Å². The molecule has 24 heavy (non-hydrogen) atoms. The third kappa shape index (κ3) is 5.52. The summed E-state index contributed by atoms with van der Waals surface area (Å²) in [7, 11) is 0. The Balaban J connectivity index is 1.92. The number of carbonyl (C=O) groups is 2. The van der Waals surface area contributed by atoms with Gasteiger partial charge in [-0.2, -0.15) is 0 Å². The molecular formula is C19H15BrO4. The number of hydrogen-bond donors (Lipinski definition) is 2. The summed E-state index contributed by atoms with van der Waals surface area (Å²) in [6, 6.07) is 11.1. The maximum absolute atomic E-state index is 11.8. The molecule has 0 aliphatic rings. The zero-order chi connectivity index (χ0) is 17.5. The van der Waals surface area contributed by atoms with Crippen LogP contribution in [0.2, 0.25) is 0 Å². The fraction of sp³-hybridized carbons (Fsp3) is 0.0526. The quantitative estimate of drug-likeness (QED) is 0.578. The molecule has 0 aromatic heterocycles. The Bertz CT molecular complexity index is 805. The molecule has 4 nitrogen and oxygen atoms in total. The summed E-state index contributed by atoms with van der Waals surface area (Å²) >= 11 is 3.29. The van der Waals surface area contributed by atoms with Crippen LogP contribution in [-0.2, 0) is 9.59 Å². The molecule has 0 aliphatic heterocycles. The van der Waals surface area contributed by atoms with Crippen LogP contribution in [0.15, 0.2) is 59.1 Å². The number of ketones is 2. The molecule has 0 aliphatic carbocycles. The average Bonchev–Trinajstić information content (AvgIpc) is 2.53. The van der Waals surface area contributed by atoms with Crippen LogP contribution in [0.25, 0.3) is 12.2 Å². The first-order valence-corrected chi connectivity index (χ1v) is 7.93. The fourth-order valence-electron chi connectivity index (χ4n) is 1.90. The standard InChI is InChI=1S/C19H15BrO4/c20-19-12-18(24)10-5-14(19)4-9-17(23)11-16(22)8-3-13-1-6-15(21)7-2-13/h1-10,12,21,24H,11H2/b8-3+,9-4+. The summed E-state index contributed by atoms with van der Waals surface area (Å²) < 4.78 is 0.658. The van der Waals surface area contributed by atoms with Crippen LogP contribution in [-0.4, -0.2) is 21.8 Å². The van der Waals surface area contributed by atoms with Crippen molar-refractivity contribution in [1.29, 1.82) is 0 Å². The van der Waals surface area contributed by atoms with Crippen LogP contribution in [0.4, 0.5) is 0 Å². The average molecular weight is 387 g/mol. The first-order chi connectivity index (χ1) is 11.4. The van der Waals surface area contributed by atoms with Gasteiger partial charge in [0.05, 0.1) is 6.42 Å². The summed E-state index contributed by atoms with van der Waals surface area (Å²) in [5.74, 6) is -0.336. The topological polar surface area (TPSA) is 74.6 Å². The molecule has 0 atom stereocenters. The van der Waals surface area contributed by atoms with E-state index in [-0.39, 0.29) is 29.5 Å². The molecule has 0 spiro atoms. The number of carbonyl (C=O) groups excluding carboxylic acids is 2. The smallest absolute Gasteiger partial charge is 0.163 e. The van der Waals surface area contributed by atoms with Crippen molar-refractivity contribution in [3.63, 3.8) is 0 Å². The third-order valence-electron chi connectivity index (χ3n) is 3.14. The number of aromatic hydroxyl groups is 2. The van der Waals surface area contributed by atoms with Crippen LogP contribution in [0.3, 0.4) is 0 Å². The van der Waals surface area contributed by atoms with Crippen molar-refractivity contribution in [2.75, 3.05) is 0 Å². The second-order valence-corrected chi connectivity index (χ2v) is 5.93. The van der Waals surface area contributed by atoms with Gasteiger partial charge >= 0.3 is 0 Å². The maximum atomic E-state index is 11.8. The fourth-order valence-corrected chi connectivity index (χ4v) is 2.40. The lowest BCUT2D eigenvalue weighted by Crippen LogP contribution is -2.01. The molecule has 0 amide bonds. The van der Waals surface area contributed by atoms with E-state index in [1.807, 2.05) is 0 Å². The first kappa shape index (κ1) is 17.7. The van der Waals surface area contributed by atoms with E-state index in [9.17, 15) is 19.8 Å². The molecule has 0 unspecified atom stereocenters. The van der Waals surface area contributed by atoms with Crippen LogP contribution in [0.1, 0.15) is 17.5 Å². The lowest BCUT2D eigenvalue weighted by Gasteiger charge is -1.99. The van der Waals surface area contributed by atoms with Gasteiger partial charge in [-0.1, -0.05) is 46.3 Å². The second-order valence-electron chi connectivity index (χ2n) is 5.07. The Morgan fingerprint density at radius 3 is 2.08 bits per heavy atom. The van der Waals surface area contributed by atoms with Crippen molar-refractivity contribution in [1.82, 2.24) is 0 Å². The van der Waals surface area contributed by atoms with E-state index >= 15 is 0 Å². The van der Waals surface area contributed by atoms with E-state index in [1.165, 1.54) is 36.4 Å². The van der Waals surface area contributed by atoms with E-state index in [0.717, 1.165) is 11.1 Å². The van der Waals surface area contributed by atoms with E-state index in [1.54, 1.807) is 30.4 Å². The van der Waals surface area contributed by atoms with Crippen LogP contribution in [0.5, 0.6) is 11.5 Å². The van der Waals surface area contributed by atoms with Crippen molar-refractivity contribution >= 4 is 39.6 Å². The molecule has 0 radical (unpaired) electrons. The third-order valence-corrected chi connectivity index (χ3v) is 3.82. The van der Waals surface area contributed by atoms with Crippen molar-refractivity contribution in [2.24, 2.45) is 0 Å². The normalized spacial score (nSPS) is 11.2. The van der Waals surface area contributed by atoms with E-state index in [4.69, 9.17) is 0 Å². The number of phenols is 2. The zero-order valence-corrected chi connectivity index (χ0v) is 14.2. The number of halogens is 1. The molecule has 0 fully saturated rings. The zero-order valence-electron chi connectivity index (χ0n) is 12.6. The number of benzene rings is 2. The van der Waals surface area contributed by atoms with Gasteiger partial charge in [0.2, 0.25) is 0 Å². The van der Waals surface area contributed by atoms with Crippen molar-refractivity contribution in [3.8, 4) is 11.5 Å². The highest BCUT2D eigenvalue weighted by Crippen LogP contribution is 2.23. The Morgan fingerprint density at radius 1 is 0.875 bits per heavy atom. The lowest BCUT2D eigenvalue weighted by atomic mass is 10.1. The predicted octanol–water partition coefficient (Wildman–Crippen LogP) is 4.12. The molecule has 2 aromatic rings. The summed E-state index contributed by atoms with van der Waals surface area (Å²) in [5.41, 5.74) is 1.49. The van der Waals surface area contributed by atoms with Crippen LogP contribution in [0, 0.1) is 0 Å². The largest absolute Gasteiger partial charge is 0.508 e. The summed E-state index contributed by atoms with van der Waals surface area (Å²) in [4.78, 5) is 23.6. The molecule has 2 rings (SSSR count). The Labute approximate surface area is 147 Å². The maximum Gasteiger partial charge on any atom is 0.163 e. The van der Waals surface area contributed by atoms with E-state index in [0.29, 0.717) is 4.47 Å². The van der Waals surface area contributed by atoms with Gasteiger partial charge in [0.25, 0.3) is 0 Å². The number of allylic oxidation sites excluding steroid dienone is 2. The highest BCUT2D eigenvalue weighted by atomic mass is 79.9. The molecule has 0 saturated carbocycles. The molecule has 122 valence electrons. The van der Waals surface area contributed by atoms with Crippen molar-refractivity contribution in [2.45, 2.75) is 6.42 Å². The lowest BCUT2D eigenvalue weighted by molar-refractivity contribution is -0.121. The van der Waals surface area contributed by atoms with Crippen LogP contribution >= 0.6 is 15.9 Å². The first-order valence-electron chi connectivity index (χ1n) is 7.13. The van der Waals surface area contributed by atoms with Crippen molar-refractivity contribution in [3.05, 3.63) is 70.2 Å². The van der Waals surface area contributed by atoms with E-state index < -0.39 is 0 Å². The van der Waals surface area contributed by atoms with Gasteiger partial charge in [0, 0.05) is 4.47 Å². The monoisotopic (exact) mass is 386 g/mol. The van der Waals surface area contributed by atoms with Crippen molar-refractivity contribution < 1.29 is 19.8 Å². The number of rotatable bonds is 6. The molecule has 2 N–H and O–H groups in total. The highest BCUT2D eigenvalue weighted by molar-refractivity contribution is 9.10. The number of hydrogen-bond acceptors (Lipinski definition) is 4. The second kappa shape index (κ2) is 8.26. The van der Waals surface area contributed by atoms with Gasteiger partial charge in [-0.15, -0.1) is 0 Å². The SMILES string of the molecule is O=C(/C=C/c1ccc(O)cc1)CC(=O)/C=C/c1ccc(O)cc1Br. The minimum atomic E-state index is -0.310. The summed E-state index contributed by atoms with van der Waals surface area (Å²) in [6.45, 7) is 0. The van der Waals surface area contributed by atoms with Gasteiger partial charge in [0.15, 0.2) is 11.6 Å². The summed E-state index contributed by atoms with van der Waals surface area (Å²) in [5, 5.41) is 18.5. The number of phenolic OH excluding ortho intramolecular Hbond substituents is 2. The van der Waals surface area contributed by atoms with Crippen LogP contribution < -0.4 is 0 Å².